The Morgan fingerprint density at radius 3 is 2.20 bits per heavy atom. The molecule has 4 rings (SSSR count). The van der Waals surface area contributed by atoms with Crippen molar-refractivity contribution < 1.29 is 34.8 Å². The molecule has 9 nitrogen and oxygen atoms in total. The van der Waals surface area contributed by atoms with Crippen LogP contribution in [0.15, 0.2) is 23.0 Å². The number of nitrogens with one attached hydrogen (secondary N) is 1. The number of ketones is 2. The Labute approximate surface area is 235 Å². The number of hydrogen-bond acceptors (Lipinski definition) is 8. The number of aryl methyl sites for hydroxylation is 1. The van der Waals surface area contributed by atoms with Gasteiger partial charge in [-0.05, 0) is 76.6 Å². The number of Topliss-reactive ketones (excluding diaryl/α,β-unsaturated/α-hetero) is 2. The predicted molar refractivity (Wildman–Crippen MR) is 151 cm³/mol. The molecule has 218 valence electrons. The van der Waals surface area contributed by atoms with Gasteiger partial charge in [0.2, 0.25) is 5.78 Å². The van der Waals surface area contributed by atoms with Gasteiger partial charge < -0.3 is 25.7 Å². The lowest BCUT2D eigenvalue weighted by molar-refractivity contribution is -0.153. The molecular formula is C31H42N2O7. The molecule has 0 radical (unpaired) electrons. The quantitative estimate of drug-likeness (QED) is 0.358. The maximum Gasteiger partial charge on any atom is 0.258 e. The average Bonchev–Trinajstić information content (AvgIpc) is 2.79. The Hall–Kier alpha value is -3.17. The summed E-state index contributed by atoms with van der Waals surface area (Å²) in [5.74, 6) is -5.73. The molecule has 3 aliphatic rings. The first-order valence-electron chi connectivity index (χ1n) is 13.8. The normalized spacial score (nSPS) is 27.0. The van der Waals surface area contributed by atoms with Crippen molar-refractivity contribution in [2.24, 2.45) is 11.8 Å². The molecule has 40 heavy (non-hydrogen) atoms. The third kappa shape index (κ3) is 4.34. The van der Waals surface area contributed by atoms with Gasteiger partial charge in [-0.2, -0.15) is 0 Å². The maximum absolute atomic E-state index is 14.2. The summed E-state index contributed by atoms with van der Waals surface area (Å²) in [5.41, 5.74) is -2.16. The van der Waals surface area contributed by atoms with Crippen molar-refractivity contribution in [3.8, 4) is 5.75 Å². The van der Waals surface area contributed by atoms with E-state index in [2.05, 4.69) is 5.32 Å². The summed E-state index contributed by atoms with van der Waals surface area (Å²) in [7, 11) is 3.24. The van der Waals surface area contributed by atoms with Crippen molar-refractivity contribution in [3.63, 3.8) is 0 Å². The molecule has 9 heteroatoms. The summed E-state index contributed by atoms with van der Waals surface area (Å²) in [5, 5.41) is 48.9. The zero-order chi connectivity index (χ0) is 30.3. The fourth-order valence-corrected chi connectivity index (χ4v) is 6.66. The Balaban J connectivity index is 1.99. The van der Waals surface area contributed by atoms with E-state index in [9.17, 15) is 34.8 Å². The largest absolute Gasteiger partial charge is 0.508 e. The van der Waals surface area contributed by atoms with Crippen LogP contribution in [0.1, 0.15) is 77.1 Å². The highest BCUT2D eigenvalue weighted by Gasteiger charge is 2.64. The van der Waals surface area contributed by atoms with Crippen molar-refractivity contribution >= 4 is 23.2 Å². The van der Waals surface area contributed by atoms with E-state index in [0.717, 1.165) is 11.1 Å². The van der Waals surface area contributed by atoms with Gasteiger partial charge in [-0.15, -0.1) is 0 Å². The number of phenols is 1. The minimum atomic E-state index is -2.62. The number of benzene rings is 1. The van der Waals surface area contributed by atoms with Gasteiger partial charge in [0, 0.05) is 22.6 Å². The molecule has 1 aromatic carbocycles. The number of carbonyl (C=O) groups is 3. The Bertz CT molecular complexity index is 1370. The number of carbonyl (C=O) groups excluding carboxylic acids is 3. The van der Waals surface area contributed by atoms with Crippen molar-refractivity contribution in [2.45, 2.75) is 90.3 Å². The molecule has 0 aliphatic heterocycles. The molecule has 0 aromatic heterocycles. The summed E-state index contributed by atoms with van der Waals surface area (Å²) in [6.45, 7) is 12.9. The third-order valence-corrected chi connectivity index (χ3v) is 8.47. The number of rotatable bonds is 3. The van der Waals surface area contributed by atoms with E-state index in [-0.39, 0.29) is 23.3 Å². The number of phenolic OH excluding ortho intramolecular Hbond substituents is 1. The molecular weight excluding hydrogens is 512 g/mol. The summed E-state index contributed by atoms with van der Waals surface area (Å²) in [4.78, 5) is 42.6. The minimum Gasteiger partial charge on any atom is -0.508 e. The molecule has 0 heterocycles. The van der Waals surface area contributed by atoms with E-state index >= 15 is 0 Å². The fraction of sp³-hybridized carbons (Fsp3) is 0.581. The first-order valence-corrected chi connectivity index (χ1v) is 13.8. The Kier molecular flexibility index (Phi) is 7.04. The van der Waals surface area contributed by atoms with Gasteiger partial charge in [-0.3, -0.25) is 19.3 Å². The SMILES string of the molecule is CCc1cc(C(C)(C)C)c(O)c2c1C[C@H]1C[C@H]3[C@H](N(C)C)C(=O)C(C(=O)NC(C)(C)C)=C(O)[C@@]3(O)C(=O)C1=C2O. The molecule has 1 saturated carbocycles. The van der Waals surface area contributed by atoms with E-state index in [4.69, 9.17) is 0 Å². The van der Waals surface area contributed by atoms with Crippen LogP contribution in [0.4, 0.5) is 0 Å². The molecule has 3 aliphatic carbocycles. The molecule has 0 bridgehead atoms. The Morgan fingerprint density at radius 2 is 1.70 bits per heavy atom. The van der Waals surface area contributed by atoms with Gasteiger partial charge in [-0.1, -0.05) is 33.8 Å². The van der Waals surface area contributed by atoms with Crippen LogP contribution in [0.25, 0.3) is 5.76 Å². The molecule has 4 atom stereocenters. The molecule has 0 spiro atoms. The number of hydrogen-bond donors (Lipinski definition) is 5. The second kappa shape index (κ2) is 9.45. The summed E-state index contributed by atoms with van der Waals surface area (Å²) in [6, 6.07) is 0.868. The van der Waals surface area contributed by atoms with Gasteiger partial charge in [0.1, 0.15) is 22.8 Å². The predicted octanol–water partition coefficient (Wildman–Crippen LogP) is 3.25. The zero-order valence-corrected chi connectivity index (χ0v) is 24.9. The smallest absolute Gasteiger partial charge is 0.258 e. The van der Waals surface area contributed by atoms with E-state index < -0.39 is 69.0 Å². The number of likely N-dealkylation sites (N-methyl/N-ethyl adjacent to an activating group) is 1. The highest BCUT2D eigenvalue weighted by molar-refractivity contribution is 6.25. The number of amides is 1. The lowest BCUT2D eigenvalue weighted by Gasteiger charge is -2.50. The highest BCUT2D eigenvalue weighted by Crippen LogP contribution is 2.54. The number of aliphatic hydroxyl groups is 3. The van der Waals surface area contributed by atoms with E-state index in [1.165, 1.54) is 0 Å². The van der Waals surface area contributed by atoms with Crippen LogP contribution in [0.5, 0.6) is 5.75 Å². The third-order valence-electron chi connectivity index (χ3n) is 8.47. The zero-order valence-electron chi connectivity index (χ0n) is 24.9. The van der Waals surface area contributed by atoms with Gasteiger partial charge in [0.25, 0.3) is 5.91 Å². The fourth-order valence-electron chi connectivity index (χ4n) is 6.66. The molecule has 1 amide bonds. The van der Waals surface area contributed by atoms with Crippen molar-refractivity contribution in [2.75, 3.05) is 14.1 Å². The molecule has 1 fully saturated rings. The summed E-state index contributed by atoms with van der Waals surface area (Å²) in [6.07, 6.45) is 1.04. The van der Waals surface area contributed by atoms with Gasteiger partial charge in [-0.25, -0.2) is 0 Å². The molecule has 0 unspecified atom stereocenters. The minimum absolute atomic E-state index is 0.0961. The van der Waals surface area contributed by atoms with Crippen LogP contribution in [-0.4, -0.2) is 74.1 Å². The number of nitrogens with zero attached hydrogens (tertiary/aromatic N) is 1. The van der Waals surface area contributed by atoms with E-state index in [0.29, 0.717) is 18.4 Å². The van der Waals surface area contributed by atoms with Crippen molar-refractivity contribution in [1.82, 2.24) is 10.2 Å². The lowest BCUT2D eigenvalue weighted by atomic mass is 9.57. The first kappa shape index (κ1) is 29.8. The first-order chi connectivity index (χ1) is 18.3. The van der Waals surface area contributed by atoms with Crippen LogP contribution in [0.3, 0.4) is 0 Å². The van der Waals surface area contributed by atoms with Gasteiger partial charge >= 0.3 is 0 Å². The second-order valence-electron chi connectivity index (χ2n) is 13.7. The highest BCUT2D eigenvalue weighted by atomic mass is 16.3. The van der Waals surface area contributed by atoms with Crippen molar-refractivity contribution in [3.05, 3.63) is 45.2 Å². The summed E-state index contributed by atoms with van der Waals surface area (Å²) < 4.78 is 0. The van der Waals surface area contributed by atoms with Crippen LogP contribution in [0.2, 0.25) is 0 Å². The second-order valence-corrected chi connectivity index (χ2v) is 13.7. The summed E-state index contributed by atoms with van der Waals surface area (Å²) >= 11 is 0. The lowest BCUT2D eigenvalue weighted by Crippen LogP contribution is -2.66. The van der Waals surface area contributed by atoms with Crippen LogP contribution in [0, 0.1) is 11.8 Å². The van der Waals surface area contributed by atoms with E-state index in [1.807, 2.05) is 33.8 Å². The molecule has 1 aromatic rings. The number of fused-ring (bicyclic) bond motifs is 3. The molecule has 5 N–H and O–H groups in total. The average molecular weight is 555 g/mol. The van der Waals surface area contributed by atoms with E-state index in [1.54, 1.807) is 39.8 Å². The number of aromatic hydroxyl groups is 1. The van der Waals surface area contributed by atoms with Crippen LogP contribution in [-0.2, 0) is 32.6 Å². The van der Waals surface area contributed by atoms with Crippen LogP contribution < -0.4 is 5.32 Å². The monoisotopic (exact) mass is 554 g/mol. The maximum atomic E-state index is 14.2. The van der Waals surface area contributed by atoms with Gasteiger partial charge in [0.15, 0.2) is 11.4 Å². The standard InChI is InChI=1S/C31H42N2O7/c1-10-14-12-18(29(2,3)4)23(34)20-16(14)11-15-13-17-22(33(8)9)25(36)21(28(39)32-30(5,6)7)27(38)31(17,40)26(37)19(15)24(20)35/h12,15,17,22,34-35,38,40H,10-11,13H2,1-9H3,(H,32,39)/t15-,17-,22-,31-/m0/s1. The van der Waals surface area contributed by atoms with Crippen molar-refractivity contribution in [1.29, 1.82) is 0 Å². The topological polar surface area (TPSA) is 147 Å². The number of aliphatic hydroxyl groups excluding tert-OH is 2. The van der Waals surface area contributed by atoms with Gasteiger partial charge in [0.05, 0.1) is 11.6 Å². The molecule has 0 saturated heterocycles. The van der Waals surface area contributed by atoms with Crippen LogP contribution >= 0.6 is 0 Å². The Morgan fingerprint density at radius 1 is 1.10 bits per heavy atom.